The number of nitrogens with two attached hydrogens (primary N) is 1. The van der Waals surface area contributed by atoms with Crippen molar-refractivity contribution in [2.24, 2.45) is 5.73 Å². The van der Waals surface area contributed by atoms with Gasteiger partial charge in [-0.1, -0.05) is 25.9 Å². The van der Waals surface area contributed by atoms with Crippen LogP contribution in [-0.4, -0.2) is 22.1 Å². The summed E-state index contributed by atoms with van der Waals surface area (Å²) in [7, 11) is 0. The first-order valence-corrected chi connectivity index (χ1v) is 9.75. The lowest BCUT2D eigenvalue weighted by Gasteiger charge is -2.12. The number of hydrogen-bond donors (Lipinski definition) is 3. The maximum atomic E-state index is 12.2. The van der Waals surface area contributed by atoms with Gasteiger partial charge in [0.25, 0.3) is 0 Å². The molecule has 0 aliphatic heterocycles. The van der Waals surface area contributed by atoms with E-state index in [1.165, 1.54) is 0 Å². The molecule has 0 radical (unpaired) electrons. The molecular weight excluding hydrogens is 398 g/mol. The summed E-state index contributed by atoms with van der Waals surface area (Å²) in [5, 5.41) is 9.22. The minimum atomic E-state index is -0.435. The lowest BCUT2D eigenvalue weighted by Crippen LogP contribution is -2.19. The number of aromatic nitrogens is 2. The number of anilines is 2. The van der Waals surface area contributed by atoms with Gasteiger partial charge >= 0.3 is 6.03 Å². The predicted molar refractivity (Wildman–Crippen MR) is 116 cm³/mol. The standard InChI is InChI=1S/C22H25N5O4/c1-22(2,3)18-13-20(27-31-18)26-21(29)25-14-4-7-16(8-5-14)30-17-10-11-24-15(12-17)6-9-19(23)28/h4-5,7-8,10-13H,6,9H2,1-3H3,(H2,23,28)(H2,25,26,27,29). The van der Waals surface area contributed by atoms with Crippen molar-refractivity contribution in [3.05, 3.63) is 60.1 Å². The topological polar surface area (TPSA) is 132 Å². The van der Waals surface area contributed by atoms with Gasteiger partial charge in [0, 0.05) is 41.5 Å². The summed E-state index contributed by atoms with van der Waals surface area (Å²) in [5.74, 6) is 1.82. The van der Waals surface area contributed by atoms with Crippen LogP contribution in [0.4, 0.5) is 16.3 Å². The van der Waals surface area contributed by atoms with Crippen LogP contribution in [0.15, 0.2) is 53.2 Å². The second-order valence-corrected chi connectivity index (χ2v) is 7.98. The molecule has 0 saturated heterocycles. The molecule has 2 aromatic heterocycles. The number of amides is 3. The van der Waals surface area contributed by atoms with E-state index < -0.39 is 6.03 Å². The Morgan fingerprint density at radius 2 is 1.81 bits per heavy atom. The maximum absolute atomic E-state index is 12.2. The highest BCUT2D eigenvalue weighted by Crippen LogP contribution is 2.25. The van der Waals surface area contributed by atoms with E-state index in [1.807, 2.05) is 20.8 Å². The average Bonchev–Trinajstić information content (AvgIpc) is 3.17. The molecule has 0 saturated carbocycles. The third kappa shape index (κ3) is 6.56. The monoisotopic (exact) mass is 423 g/mol. The first-order chi connectivity index (χ1) is 14.7. The van der Waals surface area contributed by atoms with Gasteiger partial charge in [-0.25, -0.2) is 4.79 Å². The van der Waals surface area contributed by atoms with Crippen molar-refractivity contribution in [1.82, 2.24) is 10.1 Å². The summed E-state index contributed by atoms with van der Waals surface area (Å²) in [4.78, 5) is 27.3. The second kappa shape index (κ2) is 9.29. The number of carbonyl (C=O) groups excluding carboxylic acids is 2. The summed E-state index contributed by atoms with van der Waals surface area (Å²) in [6.07, 6.45) is 2.29. The quantitative estimate of drug-likeness (QED) is 0.521. The Kier molecular flexibility index (Phi) is 6.54. The molecule has 1 aromatic carbocycles. The molecule has 162 valence electrons. The van der Waals surface area contributed by atoms with Gasteiger partial charge < -0.3 is 20.3 Å². The number of benzene rings is 1. The van der Waals surface area contributed by atoms with Crippen molar-refractivity contribution in [3.8, 4) is 11.5 Å². The summed E-state index contributed by atoms with van der Waals surface area (Å²) in [6.45, 7) is 5.98. The Morgan fingerprint density at radius 3 is 2.45 bits per heavy atom. The second-order valence-electron chi connectivity index (χ2n) is 7.98. The number of aryl methyl sites for hydroxylation is 1. The maximum Gasteiger partial charge on any atom is 0.324 e. The van der Waals surface area contributed by atoms with Crippen molar-refractivity contribution in [2.75, 3.05) is 10.6 Å². The molecule has 4 N–H and O–H groups in total. The summed E-state index contributed by atoms with van der Waals surface area (Å²) in [5.41, 5.74) is 6.27. The Morgan fingerprint density at radius 1 is 1.06 bits per heavy atom. The first kappa shape index (κ1) is 21.8. The Hall–Kier alpha value is -3.88. The van der Waals surface area contributed by atoms with Crippen LogP contribution in [0.5, 0.6) is 11.5 Å². The van der Waals surface area contributed by atoms with Gasteiger partial charge in [-0.3, -0.25) is 15.1 Å². The number of pyridine rings is 1. The number of carbonyl (C=O) groups is 2. The normalized spacial score (nSPS) is 11.1. The largest absolute Gasteiger partial charge is 0.457 e. The summed E-state index contributed by atoms with van der Waals surface area (Å²) < 4.78 is 11.1. The first-order valence-electron chi connectivity index (χ1n) is 9.75. The fourth-order valence-corrected chi connectivity index (χ4v) is 2.62. The van der Waals surface area contributed by atoms with Gasteiger partial charge in [0.15, 0.2) is 5.82 Å². The highest BCUT2D eigenvalue weighted by atomic mass is 16.5. The number of hydrogen-bond acceptors (Lipinski definition) is 6. The van der Waals surface area contributed by atoms with E-state index in [-0.39, 0.29) is 17.7 Å². The van der Waals surface area contributed by atoms with Crippen LogP contribution in [0, 0.1) is 0 Å². The zero-order valence-electron chi connectivity index (χ0n) is 17.6. The third-order valence-corrected chi connectivity index (χ3v) is 4.25. The molecule has 9 heteroatoms. The Labute approximate surface area is 180 Å². The molecule has 0 fully saturated rings. The van der Waals surface area contributed by atoms with Crippen molar-refractivity contribution in [2.45, 2.75) is 39.0 Å². The highest BCUT2D eigenvalue weighted by molar-refractivity contribution is 5.99. The average molecular weight is 423 g/mol. The van der Waals surface area contributed by atoms with Crippen LogP contribution in [0.3, 0.4) is 0 Å². The molecule has 2 heterocycles. The van der Waals surface area contributed by atoms with Crippen molar-refractivity contribution < 1.29 is 18.8 Å². The van der Waals surface area contributed by atoms with Crippen molar-refractivity contribution >= 4 is 23.4 Å². The molecular formula is C22H25N5O4. The molecule has 0 aliphatic carbocycles. The highest BCUT2D eigenvalue weighted by Gasteiger charge is 2.20. The van der Waals surface area contributed by atoms with Crippen LogP contribution in [0.1, 0.15) is 38.6 Å². The minimum Gasteiger partial charge on any atom is -0.457 e. The predicted octanol–water partition coefficient (Wildman–Crippen LogP) is 4.22. The minimum absolute atomic E-state index is 0.198. The van der Waals surface area contributed by atoms with E-state index in [1.54, 1.807) is 48.7 Å². The smallest absolute Gasteiger partial charge is 0.324 e. The van der Waals surface area contributed by atoms with Gasteiger partial charge in [0.1, 0.15) is 17.3 Å². The van der Waals surface area contributed by atoms with Gasteiger partial charge in [-0.2, -0.15) is 0 Å². The fraction of sp³-hybridized carbons (Fsp3) is 0.273. The van der Waals surface area contributed by atoms with Crippen LogP contribution in [-0.2, 0) is 16.6 Å². The molecule has 3 aromatic rings. The van der Waals surface area contributed by atoms with E-state index in [0.717, 1.165) is 0 Å². The molecule has 3 rings (SSSR count). The summed E-state index contributed by atoms with van der Waals surface area (Å²) in [6, 6.07) is 11.6. The fourth-order valence-electron chi connectivity index (χ4n) is 2.62. The molecule has 0 aliphatic rings. The van der Waals surface area contributed by atoms with Gasteiger partial charge in [0.05, 0.1) is 0 Å². The van der Waals surface area contributed by atoms with Crippen LogP contribution >= 0.6 is 0 Å². The van der Waals surface area contributed by atoms with Crippen LogP contribution in [0.25, 0.3) is 0 Å². The molecule has 9 nitrogen and oxygen atoms in total. The van der Waals surface area contributed by atoms with E-state index in [0.29, 0.717) is 40.9 Å². The van der Waals surface area contributed by atoms with E-state index in [2.05, 4.69) is 20.8 Å². The molecule has 0 bridgehead atoms. The van der Waals surface area contributed by atoms with E-state index >= 15 is 0 Å². The van der Waals surface area contributed by atoms with E-state index in [9.17, 15) is 9.59 Å². The SMILES string of the molecule is CC(C)(C)c1cc(NC(=O)Nc2ccc(Oc3ccnc(CCC(N)=O)c3)cc2)no1. The zero-order chi connectivity index (χ0) is 22.4. The number of urea groups is 1. The number of nitrogens with one attached hydrogen (secondary N) is 2. The zero-order valence-corrected chi connectivity index (χ0v) is 17.6. The Bertz CT molecular complexity index is 1050. The van der Waals surface area contributed by atoms with Crippen LogP contribution < -0.4 is 21.1 Å². The number of nitrogens with zero attached hydrogens (tertiary/aromatic N) is 2. The van der Waals surface area contributed by atoms with Gasteiger partial charge in [-0.05, 0) is 36.8 Å². The summed E-state index contributed by atoms with van der Waals surface area (Å²) >= 11 is 0. The molecule has 0 unspecified atom stereocenters. The van der Waals surface area contributed by atoms with Crippen LogP contribution in [0.2, 0.25) is 0 Å². The Balaban J connectivity index is 1.55. The van der Waals surface area contributed by atoms with E-state index in [4.69, 9.17) is 15.0 Å². The number of ether oxygens (including phenoxy) is 1. The molecule has 0 atom stereocenters. The van der Waals surface area contributed by atoms with Gasteiger partial charge in [0.2, 0.25) is 5.91 Å². The lowest BCUT2D eigenvalue weighted by molar-refractivity contribution is -0.118. The third-order valence-electron chi connectivity index (χ3n) is 4.25. The lowest BCUT2D eigenvalue weighted by atomic mass is 9.93. The molecule has 0 spiro atoms. The molecule has 3 amide bonds. The molecule has 31 heavy (non-hydrogen) atoms. The van der Waals surface area contributed by atoms with Gasteiger partial charge in [-0.15, -0.1) is 0 Å². The number of rotatable bonds is 7. The van der Waals surface area contributed by atoms with Crippen molar-refractivity contribution in [1.29, 1.82) is 0 Å². The number of primary amides is 1. The van der Waals surface area contributed by atoms with Crippen molar-refractivity contribution in [3.63, 3.8) is 0 Å².